The predicted molar refractivity (Wildman–Crippen MR) is 160 cm³/mol. The van der Waals surface area contributed by atoms with Gasteiger partial charge >= 0.3 is 11.9 Å². The lowest BCUT2D eigenvalue weighted by Crippen LogP contribution is -2.45. The minimum absolute atomic E-state index is 0.0190. The highest BCUT2D eigenvalue weighted by molar-refractivity contribution is 5.98. The second-order valence-electron chi connectivity index (χ2n) is 11.2. The highest BCUT2D eigenvalue weighted by Crippen LogP contribution is 2.36. The average molecular weight is 613 g/mol. The maximum absolute atomic E-state index is 13.5. The molecule has 11 heteroatoms. The molecule has 0 radical (unpaired) electrons. The Kier molecular flexibility index (Phi) is 12.6. The minimum atomic E-state index is -0.905. The van der Waals surface area contributed by atoms with Crippen molar-refractivity contribution < 1.29 is 42.8 Å². The van der Waals surface area contributed by atoms with Gasteiger partial charge in [-0.25, -0.2) is 14.6 Å². The van der Waals surface area contributed by atoms with Crippen molar-refractivity contribution in [3.63, 3.8) is 0 Å². The number of cyclic esters (lactones) is 1. The molecule has 0 bridgehead atoms. The van der Waals surface area contributed by atoms with Crippen molar-refractivity contribution in [2.45, 2.75) is 83.5 Å². The second-order valence-corrected chi connectivity index (χ2v) is 11.2. The Morgan fingerprint density at radius 3 is 2.55 bits per heavy atom. The number of esters is 2. The molecule has 4 rings (SSSR count). The van der Waals surface area contributed by atoms with Gasteiger partial charge in [-0.15, -0.1) is 0 Å². The highest BCUT2D eigenvalue weighted by Gasteiger charge is 2.37. The van der Waals surface area contributed by atoms with Gasteiger partial charge in [0.1, 0.15) is 30.6 Å². The van der Waals surface area contributed by atoms with Gasteiger partial charge in [0.05, 0.1) is 7.11 Å². The molecule has 1 aromatic carbocycles. The average Bonchev–Trinajstić information content (AvgIpc) is 3.55. The zero-order valence-electron chi connectivity index (χ0n) is 25.8. The molecule has 1 N–H and O–H groups in total. The first-order chi connectivity index (χ1) is 21.4. The number of rotatable bonds is 13. The topological polar surface area (TPSA) is 132 Å². The van der Waals surface area contributed by atoms with Crippen LogP contribution < -0.4 is 19.5 Å². The third-order valence-corrected chi connectivity index (χ3v) is 8.16. The van der Waals surface area contributed by atoms with Crippen molar-refractivity contribution in [1.29, 1.82) is 0 Å². The quantitative estimate of drug-likeness (QED) is 0.247. The van der Waals surface area contributed by atoms with E-state index in [0.717, 1.165) is 18.6 Å². The maximum Gasteiger partial charge on any atom is 0.334 e. The number of carbonyl (C=O) groups is 3. The fraction of sp³-hybridized carbons (Fsp3) is 0.576. The summed E-state index contributed by atoms with van der Waals surface area (Å²) in [5.74, 6) is -0.0397. The SMILES string of the molecule is CCOCC(=O)OCOc1c(OC)ccnc1C(=O)NC1CCCC(CC2CCCC2)C(Oc2ccccc2)C(C)OC1=O. The van der Waals surface area contributed by atoms with E-state index < -0.39 is 36.8 Å². The summed E-state index contributed by atoms with van der Waals surface area (Å²) in [5, 5.41) is 2.79. The number of nitrogens with zero attached hydrogens (tertiary/aromatic N) is 1. The summed E-state index contributed by atoms with van der Waals surface area (Å²) in [6.45, 7) is 3.27. The minimum Gasteiger partial charge on any atom is -0.493 e. The van der Waals surface area contributed by atoms with Gasteiger partial charge in [0.2, 0.25) is 6.79 Å². The largest absolute Gasteiger partial charge is 0.493 e. The van der Waals surface area contributed by atoms with Crippen molar-refractivity contribution in [1.82, 2.24) is 10.3 Å². The van der Waals surface area contributed by atoms with E-state index in [-0.39, 0.29) is 35.8 Å². The van der Waals surface area contributed by atoms with Crippen LogP contribution in [0.1, 0.15) is 75.7 Å². The number of hydrogen-bond donors (Lipinski definition) is 1. The van der Waals surface area contributed by atoms with E-state index in [1.54, 1.807) is 6.92 Å². The molecule has 1 saturated heterocycles. The van der Waals surface area contributed by atoms with Gasteiger partial charge in [0.15, 0.2) is 17.2 Å². The zero-order valence-corrected chi connectivity index (χ0v) is 25.8. The van der Waals surface area contributed by atoms with E-state index in [4.69, 9.17) is 28.4 Å². The molecule has 0 spiro atoms. The molecule has 2 fully saturated rings. The van der Waals surface area contributed by atoms with Crippen molar-refractivity contribution >= 4 is 17.8 Å². The molecule has 2 aliphatic rings. The molecule has 4 atom stereocenters. The van der Waals surface area contributed by atoms with Gasteiger partial charge in [-0.05, 0) is 57.1 Å². The molecule has 1 aliphatic carbocycles. The molecule has 240 valence electrons. The number of ether oxygens (including phenoxy) is 6. The van der Waals surface area contributed by atoms with E-state index in [9.17, 15) is 14.4 Å². The number of hydrogen-bond acceptors (Lipinski definition) is 10. The molecular weight excluding hydrogens is 568 g/mol. The molecule has 2 aromatic rings. The maximum atomic E-state index is 13.5. The summed E-state index contributed by atoms with van der Waals surface area (Å²) >= 11 is 0. The smallest absolute Gasteiger partial charge is 0.334 e. The molecule has 1 aliphatic heterocycles. The molecule has 1 saturated carbocycles. The fourth-order valence-corrected chi connectivity index (χ4v) is 5.99. The molecule has 4 unspecified atom stereocenters. The predicted octanol–water partition coefficient (Wildman–Crippen LogP) is 4.86. The number of amides is 1. The van der Waals surface area contributed by atoms with E-state index in [0.29, 0.717) is 25.4 Å². The number of nitrogens with one attached hydrogen (secondary N) is 1. The third-order valence-electron chi connectivity index (χ3n) is 8.16. The summed E-state index contributed by atoms with van der Waals surface area (Å²) in [4.78, 5) is 42.9. The van der Waals surface area contributed by atoms with Crippen LogP contribution in [0.4, 0.5) is 0 Å². The van der Waals surface area contributed by atoms with Crippen LogP contribution in [0, 0.1) is 11.8 Å². The van der Waals surface area contributed by atoms with Gasteiger partial charge in [0.25, 0.3) is 5.91 Å². The van der Waals surface area contributed by atoms with Crippen molar-refractivity contribution in [3.8, 4) is 17.2 Å². The summed E-state index contributed by atoms with van der Waals surface area (Å²) < 4.78 is 33.5. The van der Waals surface area contributed by atoms with Crippen molar-refractivity contribution in [2.75, 3.05) is 27.1 Å². The Bertz CT molecular complexity index is 1220. The Balaban J connectivity index is 1.47. The number of carbonyl (C=O) groups excluding carboxylic acids is 3. The first-order valence-electron chi connectivity index (χ1n) is 15.5. The van der Waals surface area contributed by atoms with Crippen LogP contribution in [0.5, 0.6) is 17.2 Å². The lowest BCUT2D eigenvalue weighted by molar-refractivity contribution is -0.157. The fourth-order valence-electron chi connectivity index (χ4n) is 5.99. The van der Waals surface area contributed by atoms with Crippen LogP contribution in [-0.4, -0.2) is 68.2 Å². The van der Waals surface area contributed by atoms with Crippen LogP contribution in [-0.2, 0) is 23.8 Å². The Hall–Kier alpha value is -3.86. The Morgan fingerprint density at radius 2 is 1.82 bits per heavy atom. The molecule has 1 aromatic heterocycles. The second kappa shape index (κ2) is 16.8. The molecule has 44 heavy (non-hydrogen) atoms. The van der Waals surface area contributed by atoms with Gasteiger partial charge in [0, 0.05) is 18.9 Å². The van der Waals surface area contributed by atoms with Crippen LogP contribution >= 0.6 is 0 Å². The summed E-state index contributed by atoms with van der Waals surface area (Å²) in [6.07, 6.45) is 8.41. The van der Waals surface area contributed by atoms with Crippen LogP contribution in [0.25, 0.3) is 0 Å². The zero-order chi connectivity index (χ0) is 31.3. The first kappa shape index (κ1) is 33.0. The van der Waals surface area contributed by atoms with Gasteiger partial charge in [-0.2, -0.15) is 0 Å². The number of para-hydroxylation sites is 1. The lowest BCUT2D eigenvalue weighted by atomic mass is 9.83. The Morgan fingerprint density at radius 1 is 1.05 bits per heavy atom. The summed E-state index contributed by atoms with van der Waals surface area (Å²) in [5.41, 5.74) is -0.115. The molecule has 2 heterocycles. The van der Waals surface area contributed by atoms with E-state index in [1.165, 1.54) is 45.1 Å². The number of benzene rings is 1. The Labute approximate surface area is 258 Å². The lowest BCUT2D eigenvalue weighted by Gasteiger charge is -2.33. The number of methoxy groups -OCH3 is 1. The first-order valence-corrected chi connectivity index (χ1v) is 15.5. The van der Waals surface area contributed by atoms with Crippen LogP contribution in [0.2, 0.25) is 0 Å². The van der Waals surface area contributed by atoms with Crippen molar-refractivity contribution in [2.24, 2.45) is 11.8 Å². The third kappa shape index (κ3) is 9.32. The van der Waals surface area contributed by atoms with Gasteiger partial charge < -0.3 is 33.7 Å². The van der Waals surface area contributed by atoms with Gasteiger partial charge in [-0.1, -0.05) is 50.3 Å². The molecule has 11 nitrogen and oxygen atoms in total. The van der Waals surface area contributed by atoms with Crippen LogP contribution in [0.3, 0.4) is 0 Å². The van der Waals surface area contributed by atoms with E-state index in [2.05, 4.69) is 10.3 Å². The number of aromatic nitrogens is 1. The monoisotopic (exact) mass is 612 g/mol. The standard InChI is InChI=1S/C33H44N2O9/c1-4-40-20-28(36)41-21-42-31-27(39-3)17-18-34-29(31)32(37)35-26-16-10-13-24(19-23-11-8-9-12-23)30(22(2)43-33(26)38)44-25-14-6-5-7-15-25/h5-7,14-15,17-18,22-24,26,30H,4,8-13,16,19-21H2,1-3H3,(H,35,37). The van der Waals surface area contributed by atoms with Crippen molar-refractivity contribution in [3.05, 3.63) is 48.3 Å². The van der Waals surface area contributed by atoms with Gasteiger partial charge in [-0.3, -0.25) is 4.79 Å². The highest BCUT2D eigenvalue weighted by atomic mass is 16.7. The van der Waals surface area contributed by atoms with E-state index >= 15 is 0 Å². The normalized spacial score (nSPS) is 22.6. The van der Waals surface area contributed by atoms with Crippen LogP contribution in [0.15, 0.2) is 42.6 Å². The summed E-state index contributed by atoms with van der Waals surface area (Å²) in [6, 6.07) is 10.2. The summed E-state index contributed by atoms with van der Waals surface area (Å²) in [7, 11) is 1.41. The molecular formula is C33H44N2O9. The van der Waals surface area contributed by atoms with E-state index in [1.807, 2.05) is 37.3 Å². The number of pyridine rings is 1. The molecule has 1 amide bonds.